The third-order valence-corrected chi connectivity index (χ3v) is 5.26. The minimum absolute atomic E-state index is 0.185. The van der Waals surface area contributed by atoms with Crippen molar-refractivity contribution in [3.8, 4) is 11.5 Å². The number of methoxy groups -OCH3 is 1. The standard InChI is InChI=1S/C22H27NO3/c1-24-22-11-16(14-23-15-19-7-4-10-25-19)8-9-21(22)26-20-12-17-5-2-3-6-18(17)13-20/h2-3,5-6,8-9,11,19-20,23H,4,7,10,12-15H2,1H3/t19-/m1/s1. The molecule has 0 spiro atoms. The van der Waals surface area contributed by atoms with Crippen LogP contribution in [0, 0.1) is 0 Å². The van der Waals surface area contributed by atoms with Crippen molar-refractivity contribution in [3.05, 3.63) is 59.2 Å². The van der Waals surface area contributed by atoms with E-state index in [0.29, 0.717) is 6.10 Å². The second kappa shape index (κ2) is 8.11. The van der Waals surface area contributed by atoms with Crippen molar-refractivity contribution in [2.24, 2.45) is 0 Å². The first kappa shape index (κ1) is 17.4. The van der Waals surface area contributed by atoms with Crippen molar-refractivity contribution < 1.29 is 14.2 Å². The number of benzene rings is 2. The largest absolute Gasteiger partial charge is 0.493 e. The molecule has 1 N–H and O–H groups in total. The lowest BCUT2D eigenvalue weighted by molar-refractivity contribution is 0.110. The first-order valence-electron chi connectivity index (χ1n) is 9.54. The van der Waals surface area contributed by atoms with Gasteiger partial charge < -0.3 is 19.5 Å². The highest BCUT2D eigenvalue weighted by atomic mass is 16.5. The zero-order valence-electron chi connectivity index (χ0n) is 15.4. The first-order valence-corrected chi connectivity index (χ1v) is 9.54. The molecule has 2 aromatic rings. The van der Waals surface area contributed by atoms with Gasteiger partial charge in [-0.15, -0.1) is 0 Å². The van der Waals surface area contributed by atoms with E-state index in [1.807, 2.05) is 6.07 Å². The molecule has 138 valence electrons. The van der Waals surface area contributed by atoms with E-state index in [2.05, 4.69) is 41.7 Å². The van der Waals surface area contributed by atoms with Crippen LogP contribution in [0.3, 0.4) is 0 Å². The Bertz CT molecular complexity index is 715. The van der Waals surface area contributed by atoms with Crippen LogP contribution in [0.1, 0.15) is 29.5 Å². The number of rotatable bonds is 7. The lowest BCUT2D eigenvalue weighted by atomic mass is 10.1. The van der Waals surface area contributed by atoms with Crippen LogP contribution in [-0.2, 0) is 24.1 Å². The molecule has 2 aliphatic rings. The number of fused-ring (bicyclic) bond motifs is 1. The molecule has 0 bridgehead atoms. The Balaban J connectivity index is 1.35. The third kappa shape index (κ3) is 4.02. The molecule has 1 fully saturated rings. The van der Waals surface area contributed by atoms with E-state index in [1.54, 1.807) is 7.11 Å². The van der Waals surface area contributed by atoms with E-state index in [9.17, 15) is 0 Å². The van der Waals surface area contributed by atoms with Crippen molar-refractivity contribution >= 4 is 0 Å². The van der Waals surface area contributed by atoms with Crippen LogP contribution in [-0.4, -0.2) is 32.5 Å². The Morgan fingerprint density at radius 2 is 1.88 bits per heavy atom. The molecule has 2 aromatic carbocycles. The van der Waals surface area contributed by atoms with E-state index in [0.717, 1.165) is 50.5 Å². The molecule has 0 unspecified atom stereocenters. The van der Waals surface area contributed by atoms with Crippen LogP contribution in [0.2, 0.25) is 0 Å². The maximum absolute atomic E-state index is 6.26. The molecule has 1 saturated heterocycles. The van der Waals surface area contributed by atoms with Crippen LogP contribution in [0.25, 0.3) is 0 Å². The average molecular weight is 353 g/mol. The zero-order chi connectivity index (χ0) is 17.8. The van der Waals surface area contributed by atoms with Gasteiger partial charge in [-0.1, -0.05) is 30.3 Å². The van der Waals surface area contributed by atoms with Gasteiger partial charge in [-0.3, -0.25) is 0 Å². The fraction of sp³-hybridized carbons (Fsp3) is 0.455. The highest BCUT2D eigenvalue weighted by Crippen LogP contribution is 2.32. The Hall–Kier alpha value is -2.04. The van der Waals surface area contributed by atoms with Gasteiger partial charge in [0.15, 0.2) is 11.5 Å². The predicted octanol–water partition coefficient (Wildman–Crippen LogP) is 3.51. The first-order chi connectivity index (χ1) is 12.8. The molecule has 26 heavy (non-hydrogen) atoms. The smallest absolute Gasteiger partial charge is 0.161 e. The summed E-state index contributed by atoms with van der Waals surface area (Å²) >= 11 is 0. The number of hydrogen-bond acceptors (Lipinski definition) is 4. The predicted molar refractivity (Wildman–Crippen MR) is 102 cm³/mol. The van der Waals surface area contributed by atoms with Gasteiger partial charge in [0.1, 0.15) is 6.10 Å². The van der Waals surface area contributed by atoms with Gasteiger partial charge in [0.25, 0.3) is 0 Å². The molecule has 1 aliphatic carbocycles. The van der Waals surface area contributed by atoms with Crippen LogP contribution >= 0.6 is 0 Å². The summed E-state index contributed by atoms with van der Waals surface area (Å²) in [5.41, 5.74) is 3.99. The molecule has 1 atom stereocenters. The number of ether oxygens (including phenoxy) is 3. The summed E-state index contributed by atoms with van der Waals surface area (Å²) in [6, 6.07) is 14.8. The average Bonchev–Trinajstić information content (AvgIpc) is 3.31. The minimum Gasteiger partial charge on any atom is -0.493 e. The fourth-order valence-electron chi connectivity index (χ4n) is 3.88. The third-order valence-electron chi connectivity index (χ3n) is 5.26. The summed E-state index contributed by atoms with van der Waals surface area (Å²) in [6.45, 7) is 2.61. The molecule has 0 amide bonds. The van der Waals surface area contributed by atoms with Gasteiger partial charge in [0.05, 0.1) is 13.2 Å². The molecule has 1 aliphatic heterocycles. The zero-order valence-corrected chi connectivity index (χ0v) is 15.4. The summed E-state index contributed by atoms with van der Waals surface area (Å²) in [7, 11) is 1.70. The normalized spacial score (nSPS) is 19.5. The molecule has 0 aromatic heterocycles. The van der Waals surface area contributed by atoms with E-state index in [4.69, 9.17) is 14.2 Å². The molecular formula is C22H27NO3. The fourth-order valence-corrected chi connectivity index (χ4v) is 3.88. The number of hydrogen-bond donors (Lipinski definition) is 1. The van der Waals surface area contributed by atoms with Crippen LogP contribution in [0.4, 0.5) is 0 Å². The second-order valence-electron chi connectivity index (χ2n) is 7.17. The van der Waals surface area contributed by atoms with Gasteiger partial charge in [-0.2, -0.15) is 0 Å². The van der Waals surface area contributed by atoms with E-state index < -0.39 is 0 Å². The summed E-state index contributed by atoms with van der Waals surface area (Å²) in [4.78, 5) is 0. The topological polar surface area (TPSA) is 39.7 Å². The minimum atomic E-state index is 0.185. The maximum Gasteiger partial charge on any atom is 0.161 e. The second-order valence-corrected chi connectivity index (χ2v) is 7.17. The van der Waals surface area contributed by atoms with E-state index >= 15 is 0 Å². The van der Waals surface area contributed by atoms with Gasteiger partial charge >= 0.3 is 0 Å². The van der Waals surface area contributed by atoms with Crippen molar-refractivity contribution in [1.29, 1.82) is 0 Å². The molecule has 4 nitrogen and oxygen atoms in total. The van der Waals surface area contributed by atoms with Crippen LogP contribution in [0.15, 0.2) is 42.5 Å². The lowest BCUT2D eigenvalue weighted by Crippen LogP contribution is -2.25. The molecule has 0 radical (unpaired) electrons. The van der Waals surface area contributed by atoms with Crippen LogP contribution < -0.4 is 14.8 Å². The Morgan fingerprint density at radius 1 is 1.08 bits per heavy atom. The molecule has 4 rings (SSSR count). The van der Waals surface area contributed by atoms with Gasteiger partial charge in [-0.05, 0) is 41.7 Å². The maximum atomic E-state index is 6.26. The van der Waals surface area contributed by atoms with Crippen molar-refractivity contribution in [2.45, 2.75) is 44.4 Å². The van der Waals surface area contributed by atoms with E-state index in [-0.39, 0.29) is 6.10 Å². The summed E-state index contributed by atoms with van der Waals surface area (Å²) in [6.07, 6.45) is 4.81. The van der Waals surface area contributed by atoms with Crippen molar-refractivity contribution in [1.82, 2.24) is 5.32 Å². The number of nitrogens with one attached hydrogen (secondary N) is 1. The SMILES string of the molecule is COc1cc(CNC[C@H]2CCCO2)ccc1OC1Cc2ccccc2C1. The molecule has 0 saturated carbocycles. The van der Waals surface area contributed by atoms with Gasteiger partial charge in [0, 0.05) is 32.5 Å². The highest BCUT2D eigenvalue weighted by Gasteiger charge is 2.23. The monoisotopic (exact) mass is 353 g/mol. The van der Waals surface area contributed by atoms with Crippen molar-refractivity contribution in [2.75, 3.05) is 20.3 Å². The Kier molecular flexibility index (Phi) is 5.42. The summed E-state index contributed by atoms with van der Waals surface area (Å²) in [5.74, 6) is 1.63. The Morgan fingerprint density at radius 3 is 2.58 bits per heavy atom. The van der Waals surface area contributed by atoms with Gasteiger partial charge in [-0.25, -0.2) is 0 Å². The lowest BCUT2D eigenvalue weighted by Gasteiger charge is -2.17. The summed E-state index contributed by atoms with van der Waals surface area (Å²) in [5, 5.41) is 3.48. The Labute approximate surface area is 155 Å². The highest BCUT2D eigenvalue weighted by molar-refractivity contribution is 5.44. The summed E-state index contributed by atoms with van der Waals surface area (Å²) < 4.78 is 17.5. The van der Waals surface area contributed by atoms with Crippen molar-refractivity contribution in [3.63, 3.8) is 0 Å². The van der Waals surface area contributed by atoms with Crippen LogP contribution in [0.5, 0.6) is 11.5 Å². The van der Waals surface area contributed by atoms with Gasteiger partial charge in [0.2, 0.25) is 0 Å². The molecule has 1 heterocycles. The van der Waals surface area contributed by atoms with E-state index in [1.165, 1.54) is 23.1 Å². The quantitative estimate of drug-likeness (QED) is 0.827. The molecular weight excluding hydrogens is 326 g/mol. The molecule has 4 heteroatoms.